The Morgan fingerprint density at radius 3 is 2.82 bits per heavy atom. The summed E-state index contributed by atoms with van der Waals surface area (Å²) in [7, 11) is 0. The topological polar surface area (TPSA) is 80.9 Å². The molecule has 3 rings (SSSR count). The Morgan fingerprint density at radius 2 is 2.05 bits per heavy atom. The molecule has 0 saturated carbocycles. The van der Waals surface area contributed by atoms with Crippen molar-refractivity contribution in [2.24, 2.45) is 0 Å². The van der Waals surface area contributed by atoms with Crippen LogP contribution in [-0.2, 0) is 6.54 Å². The average Bonchev–Trinajstić information content (AvgIpc) is 3.02. The third-order valence-corrected chi connectivity index (χ3v) is 3.17. The number of carbonyl (C=O) groups is 1. The van der Waals surface area contributed by atoms with Gasteiger partial charge in [-0.15, -0.1) is 10.2 Å². The van der Waals surface area contributed by atoms with E-state index in [0.29, 0.717) is 17.3 Å². The molecule has 6 heteroatoms. The Balaban J connectivity index is 1.68. The lowest BCUT2D eigenvalue weighted by atomic mass is 10.1. The van der Waals surface area contributed by atoms with Crippen LogP contribution in [0.4, 0.5) is 0 Å². The van der Waals surface area contributed by atoms with Crippen LogP contribution in [0.3, 0.4) is 0 Å². The van der Waals surface area contributed by atoms with Gasteiger partial charge in [0, 0.05) is 18.0 Å². The standard InChI is InChI=1S/C16H14N4O2/c1-11-5-2-3-7-13(11)16-20-19-14(22-16)10-18-15(21)12-6-4-8-17-9-12/h2-9H,10H2,1H3,(H,18,21). The second-order valence-electron chi connectivity index (χ2n) is 4.74. The van der Waals surface area contributed by atoms with E-state index in [0.717, 1.165) is 11.1 Å². The Labute approximate surface area is 127 Å². The molecular weight excluding hydrogens is 280 g/mol. The summed E-state index contributed by atoms with van der Waals surface area (Å²) < 4.78 is 5.58. The van der Waals surface area contributed by atoms with Gasteiger partial charge in [-0.3, -0.25) is 9.78 Å². The summed E-state index contributed by atoms with van der Waals surface area (Å²) in [5, 5.41) is 10.7. The minimum absolute atomic E-state index is 0.173. The lowest BCUT2D eigenvalue weighted by Crippen LogP contribution is -2.23. The lowest BCUT2D eigenvalue weighted by molar-refractivity contribution is 0.0947. The number of rotatable bonds is 4. The summed E-state index contributed by atoms with van der Waals surface area (Å²) in [6, 6.07) is 11.2. The molecule has 2 aromatic heterocycles. The van der Waals surface area contributed by atoms with Crippen molar-refractivity contribution in [2.45, 2.75) is 13.5 Å². The number of hydrogen-bond donors (Lipinski definition) is 1. The molecule has 0 unspecified atom stereocenters. The highest BCUT2D eigenvalue weighted by Gasteiger charge is 2.12. The van der Waals surface area contributed by atoms with Gasteiger partial charge >= 0.3 is 0 Å². The average molecular weight is 294 g/mol. The first-order valence-electron chi connectivity index (χ1n) is 6.80. The van der Waals surface area contributed by atoms with Gasteiger partial charge in [0.25, 0.3) is 5.91 Å². The Hall–Kier alpha value is -3.02. The maximum absolute atomic E-state index is 11.9. The summed E-state index contributed by atoms with van der Waals surface area (Å²) >= 11 is 0. The molecular formula is C16H14N4O2. The zero-order valence-electron chi connectivity index (χ0n) is 12.0. The van der Waals surface area contributed by atoms with Crippen LogP contribution in [0.15, 0.2) is 53.2 Å². The molecule has 0 atom stereocenters. The Kier molecular flexibility index (Phi) is 3.91. The first-order valence-corrected chi connectivity index (χ1v) is 6.80. The molecule has 0 saturated heterocycles. The van der Waals surface area contributed by atoms with E-state index in [9.17, 15) is 4.79 Å². The van der Waals surface area contributed by atoms with Gasteiger partial charge in [0.1, 0.15) is 0 Å². The fraction of sp³-hybridized carbons (Fsp3) is 0.125. The number of amides is 1. The Morgan fingerprint density at radius 1 is 1.18 bits per heavy atom. The molecule has 0 aliphatic carbocycles. The van der Waals surface area contributed by atoms with E-state index in [4.69, 9.17) is 4.42 Å². The predicted molar refractivity (Wildman–Crippen MR) is 79.9 cm³/mol. The van der Waals surface area contributed by atoms with Crippen molar-refractivity contribution in [3.63, 3.8) is 0 Å². The van der Waals surface area contributed by atoms with Crippen molar-refractivity contribution in [3.05, 3.63) is 65.8 Å². The fourth-order valence-corrected chi connectivity index (χ4v) is 2.00. The van der Waals surface area contributed by atoms with Gasteiger partial charge < -0.3 is 9.73 Å². The highest BCUT2D eigenvalue weighted by atomic mass is 16.4. The highest BCUT2D eigenvalue weighted by Crippen LogP contribution is 2.21. The van der Waals surface area contributed by atoms with Crippen LogP contribution >= 0.6 is 0 Å². The number of pyridine rings is 1. The summed E-state index contributed by atoms with van der Waals surface area (Å²) in [5.41, 5.74) is 2.43. The van der Waals surface area contributed by atoms with Crippen molar-refractivity contribution >= 4 is 5.91 Å². The predicted octanol–water partition coefficient (Wildman–Crippen LogP) is 2.37. The van der Waals surface area contributed by atoms with Gasteiger partial charge in [0.15, 0.2) is 0 Å². The SMILES string of the molecule is Cc1ccccc1-c1nnc(CNC(=O)c2cccnc2)o1. The van der Waals surface area contributed by atoms with Crippen LogP contribution < -0.4 is 5.32 Å². The van der Waals surface area contributed by atoms with E-state index in [2.05, 4.69) is 20.5 Å². The van der Waals surface area contributed by atoms with Gasteiger partial charge in [0.05, 0.1) is 12.1 Å². The first kappa shape index (κ1) is 13.9. The monoisotopic (exact) mass is 294 g/mol. The van der Waals surface area contributed by atoms with Crippen LogP contribution in [-0.4, -0.2) is 21.1 Å². The van der Waals surface area contributed by atoms with Crippen molar-refractivity contribution in [3.8, 4) is 11.5 Å². The van der Waals surface area contributed by atoms with Crippen LogP contribution in [0.5, 0.6) is 0 Å². The van der Waals surface area contributed by atoms with E-state index in [1.54, 1.807) is 18.3 Å². The summed E-state index contributed by atoms with van der Waals surface area (Å²) in [6.07, 6.45) is 3.12. The number of hydrogen-bond acceptors (Lipinski definition) is 5. The van der Waals surface area contributed by atoms with Crippen LogP contribution in [0.2, 0.25) is 0 Å². The van der Waals surface area contributed by atoms with E-state index >= 15 is 0 Å². The van der Waals surface area contributed by atoms with E-state index in [-0.39, 0.29) is 12.5 Å². The normalized spacial score (nSPS) is 10.4. The maximum Gasteiger partial charge on any atom is 0.253 e. The molecule has 3 aromatic rings. The van der Waals surface area contributed by atoms with Gasteiger partial charge in [-0.05, 0) is 30.7 Å². The molecule has 0 bridgehead atoms. The number of carbonyl (C=O) groups excluding carboxylic acids is 1. The molecule has 0 radical (unpaired) electrons. The number of benzene rings is 1. The zero-order valence-corrected chi connectivity index (χ0v) is 12.0. The second kappa shape index (κ2) is 6.17. The van der Waals surface area contributed by atoms with E-state index < -0.39 is 0 Å². The molecule has 22 heavy (non-hydrogen) atoms. The van der Waals surface area contributed by atoms with Gasteiger partial charge in [-0.2, -0.15) is 0 Å². The molecule has 1 aromatic carbocycles. The van der Waals surface area contributed by atoms with E-state index in [1.165, 1.54) is 6.20 Å². The van der Waals surface area contributed by atoms with Crippen molar-refractivity contribution in [1.29, 1.82) is 0 Å². The number of nitrogens with one attached hydrogen (secondary N) is 1. The number of nitrogens with zero attached hydrogens (tertiary/aromatic N) is 3. The molecule has 1 amide bonds. The minimum atomic E-state index is -0.233. The largest absolute Gasteiger partial charge is 0.419 e. The molecule has 0 spiro atoms. The molecule has 0 fully saturated rings. The first-order chi connectivity index (χ1) is 10.7. The molecule has 1 N–H and O–H groups in total. The van der Waals surface area contributed by atoms with Crippen molar-refractivity contribution in [1.82, 2.24) is 20.5 Å². The Bertz CT molecular complexity index is 784. The molecule has 2 heterocycles. The summed E-state index contributed by atoms with van der Waals surface area (Å²) in [4.78, 5) is 15.8. The maximum atomic E-state index is 11.9. The zero-order chi connectivity index (χ0) is 15.4. The molecule has 0 aliphatic rings. The fourth-order valence-electron chi connectivity index (χ4n) is 2.00. The third-order valence-electron chi connectivity index (χ3n) is 3.17. The van der Waals surface area contributed by atoms with Gasteiger partial charge in [-0.1, -0.05) is 18.2 Å². The number of aryl methyl sites for hydroxylation is 1. The van der Waals surface area contributed by atoms with Crippen molar-refractivity contribution in [2.75, 3.05) is 0 Å². The molecule has 6 nitrogen and oxygen atoms in total. The van der Waals surface area contributed by atoms with Gasteiger partial charge in [0.2, 0.25) is 11.8 Å². The van der Waals surface area contributed by atoms with Crippen LogP contribution in [0.25, 0.3) is 11.5 Å². The smallest absolute Gasteiger partial charge is 0.253 e. The molecule has 0 aliphatic heterocycles. The summed E-state index contributed by atoms with van der Waals surface area (Å²) in [6.45, 7) is 2.15. The third kappa shape index (κ3) is 3.01. The van der Waals surface area contributed by atoms with Crippen molar-refractivity contribution < 1.29 is 9.21 Å². The second-order valence-corrected chi connectivity index (χ2v) is 4.74. The minimum Gasteiger partial charge on any atom is -0.419 e. The lowest BCUT2D eigenvalue weighted by Gasteiger charge is -2.01. The van der Waals surface area contributed by atoms with Crippen LogP contribution in [0.1, 0.15) is 21.8 Å². The van der Waals surface area contributed by atoms with Gasteiger partial charge in [-0.25, -0.2) is 0 Å². The van der Waals surface area contributed by atoms with E-state index in [1.807, 2.05) is 31.2 Å². The highest BCUT2D eigenvalue weighted by molar-refractivity contribution is 5.93. The van der Waals surface area contributed by atoms with Crippen LogP contribution in [0, 0.1) is 6.92 Å². The molecule has 110 valence electrons. The quantitative estimate of drug-likeness (QED) is 0.799. The summed E-state index contributed by atoms with van der Waals surface area (Å²) in [5.74, 6) is 0.572. The number of aromatic nitrogens is 3.